The Morgan fingerprint density at radius 1 is 1.00 bits per heavy atom. The van der Waals surface area contributed by atoms with Gasteiger partial charge in [-0.25, -0.2) is 0 Å². The van der Waals surface area contributed by atoms with Gasteiger partial charge in [0.15, 0.2) is 11.5 Å². The van der Waals surface area contributed by atoms with E-state index < -0.39 is 0 Å². The summed E-state index contributed by atoms with van der Waals surface area (Å²) in [5.41, 5.74) is 6.26. The number of anilines is 2. The van der Waals surface area contributed by atoms with E-state index in [1.807, 2.05) is 18.2 Å². The summed E-state index contributed by atoms with van der Waals surface area (Å²) >= 11 is 0. The van der Waals surface area contributed by atoms with Crippen LogP contribution in [-0.2, 0) is 20.0 Å². The highest BCUT2D eigenvalue weighted by molar-refractivity contribution is 5.89. The van der Waals surface area contributed by atoms with Crippen molar-refractivity contribution < 1.29 is 9.47 Å². The monoisotopic (exact) mass is 335 g/mol. The van der Waals surface area contributed by atoms with E-state index in [2.05, 4.69) is 40.4 Å². The highest BCUT2D eigenvalue weighted by Crippen LogP contribution is 2.35. The lowest BCUT2D eigenvalue weighted by Crippen LogP contribution is -2.24. The van der Waals surface area contributed by atoms with Crippen molar-refractivity contribution in [1.29, 1.82) is 0 Å². The van der Waals surface area contributed by atoms with Crippen molar-refractivity contribution in [3.05, 3.63) is 47.7 Å². The molecule has 25 heavy (non-hydrogen) atoms. The molecule has 0 bridgehead atoms. The normalized spacial score (nSPS) is 15.9. The molecule has 2 aromatic carbocycles. The van der Waals surface area contributed by atoms with Crippen molar-refractivity contribution in [3.8, 4) is 11.5 Å². The average Bonchev–Trinajstić information content (AvgIpc) is 2.94. The molecule has 2 aliphatic heterocycles. The van der Waals surface area contributed by atoms with Gasteiger partial charge in [0.05, 0.1) is 0 Å². The molecular weight excluding hydrogens is 314 g/mol. The molecule has 0 saturated heterocycles. The maximum atomic E-state index is 5.67. The zero-order chi connectivity index (χ0) is 16.8. The van der Waals surface area contributed by atoms with E-state index in [1.54, 1.807) is 0 Å². The smallest absolute Gasteiger partial charge is 0.163 e. The Hall–Kier alpha value is -2.66. The summed E-state index contributed by atoms with van der Waals surface area (Å²) in [6.07, 6.45) is 1.09. The highest BCUT2D eigenvalue weighted by atomic mass is 16.6. The predicted octanol–water partition coefficient (Wildman–Crippen LogP) is 3.34. The maximum Gasteiger partial charge on any atom is 0.163 e. The first-order valence-corrected chi connectivity index (χ1v) is 8.77. The zero-order valence-corrected chi connectivity index (χ0v) is 14.3. The van der Waals surface area contributed by atoms with E-state index in [-0.39, 0.29) is 0 Å². The molecule has 5 nitrogen and oxygen atoms in total. The third-order valence-corrected chi connectivity index (χ3v) is 5.11. The number of aromatic nitrogens is 1. The molecular formula is C20H21N3O2. The SMILES string of the molecule is Cn1c2c(c3cc(Nc4ccc5c(c4)OCCO5)ccc31)CNCC2. The number of nitrogens with one attached hydrogen (secondary N) is 2. The van der Waals surface area contributed by atoms with Gasteiger partial charge in [-0.1, -0.05) is 0 Å². The second kappa shape index (κ2) is 5.70. The van der Waals surface area contributed by atoms with E-state index in [1.165, 1.54) is 22.2 Å². The number of benzene rings is 2. The summed E-state index contributed by atoms with van der Waals surface area (Å²) in [7, 11) is 2.17. The lowest BCUT2D eigenvalue weighted by molar-refractivity contribution is 0.171. The van der Waals surface area contributed by atoms with Crippen LogP contribution in [0.4, 0.5) is 11.4 Å². The van der Waals surface area contributed by atoms with Gasteiger partial charge in [-0.3, -0.25) is 0 Å². The number of ether oxygens (including phenoxy) is 2. The first kappa shape index (κ1) is 14.7. The number of nitrogens with zero attached hydrogens (tertiary/aromatic N) is 1. The predicted molar refractivity (Wildman–Crippen MR) is 99.0 cm³/mol. The van der Waals surface area contributed by atoms with Gasteiger partial charge in [0, 0.05) is 60.6 Å². The van der Waals surface area contributed by atoms with Gasteiger partial charge < -0.3 is 24.7 Å². The van der Waals surface area contributed by atoms with E-state index in [0.717, 1.165) is 42.4 Å². The second-order valence-corrected chi connectivity index (χ2v) is 6.63. The summed E-state index contributed by atoms with van der Waals surface area (Å²) in [6.45, 7) is 3.22. The van der Waals surface area contributed by atoms with Gasteiger partial charge in [-0.2, -0.15) is 0 Å². The lowest BCUT2D eigenvalue weighted by Gasteiger charge is -2.19. The molecule has 3 heterocycles. The molecule has 3 aromatic rings. The molecule has 0 amide bonds. The average molecular weight is 335 g/mol. The minimum Gasteiger partial charge on any atom is -0.486 e. The van der Waals surface area contributed by atoms with E-state index in [9.17, 15) is 0 Å². The number of aryl methyl sites for hydroxylation is 1. The zero-order valence-electron chi connectivity index (χ0n) is 14.3. The number of hydrogen-bond acceptors (Lipinski definition) is 4. The maximum absolute atomic E-state index is 5.67. The Morgan fingerprint density at radius 2 is 1.80 bits per heavy atom. The Kier molecular flexibility index (Phi) is 3.35. The van der Waals surface area contributed by atoms with Crippen LogP contribution in [0, 0.1) is 0 Å². The van der Waals surface area contributed by atoms with Gasteiger partial charge in [0.2, 0.25) is 0 Å². The minimum absolute atomic E-state index is 0.603. The van der Waals surface area contributed by atoms with Crippen molar-refractivity contribution in [2.75, 3.05) is 25.1 Å². The molecule has 0 spiro atoms. The Balaban J connectivity index is 1.51. The van der Waals surface area contributed by atoms with Crippen LogP contribution in [0.3, 0.4) is 0 Å². The van der Waals surface area contributed by atoms with Crippen molar-refractivity contribution in [1.82, 2.24) is 9.88 Å². The Bertz CT molecular complexity index is 961. The quantitative estimate of drug-likeness (QED) is 0.754. The molecule has 0 aliphatic carbocycles. The third-order valence-electron chi connectivity index (χ3n) is 5.11. The van der Waals surface area contributed by atoms with Crippen molar-refractivity contribution in [2.45, 2.75) is 13.0 Å². The molecule has 0 fully saturated rings. The Morgan fingerprint density at radius 3 is 2.72 bits per heavy atom. The van der Waals surface area contributed by atoms with Crippen LogP contribution >= 0.6 is 0 Å². The van der Waals surface area contributed by atoms with Gasteiger partial charge in [0.1, 0.15) is 13.2 Å². The fourth-order valence-corrected chi connectivity index (χ4v) is 3.88. The van der Waals surface area contributed by atoms with Gasteiger partial charge >= 0.3 is 0 Å². The summed E-state index contributed by atoms with van der Waals surface area (Å²) in [5, 5.41) is 8.31. The van der Waals surface area contributed by atoms with Gasteiger partial charge in [0.25, 0.3) is 0 Å². The molecule has 1 aromatic heterocycles. The number of hydrogen-bond donors (Lipinski definition) is 2. The molecule has 0 saturated carbocycles. The lowest BCUT2D eigenvalue weighted by atomic mass is 10.1. The van der Waals surface area contributed by atoms with Crippen LogP contribution in [-0.4, -0.2) is 24.3 Å². The van der Waals surface area contributed by atoms with Crippen molar-refractivity contribution in [2.24, 2.45) is 7.05 Å². The van der Waals surface area contributed by atoms with E-state index in [0.29, 0.717) is 13.2 Å². The standard InChI is InChI=1S/C20H21N3O2/c1-23-17-4-2-13(10-15(17)16-12-21-7-6-18(16)23)22-14-3-5-19-20(11-14)25-9-8-24-19/h2-5,10-11,21-22H,6-9,12H2,1H3. The molecule has 5 heteroatoms. The number of rotatable bonds is 2. The molecule has 2 N–H and O–H groups in total. The molecule has 2 aliphatic rings. The van der Waals surface area contributed by atoms with Gasteiger partial charge in [-0.15, -0.1) is 0 Å². The molecule has 0 atom stereocenters. The molecule has 5 rings (SSSR count). The van der Waals surface area contributed by atoms with E-state index in [4.69, 9.17) is 9.47 Å². The summed E-state index contributed by atoms with van der Waals surface area (Å²) in [4.78, 5) is 0. The Labute approximate surface area is 146 Å². The first-order valence-electron chi connectivity index (χ1n) is 8.77. The van der Waals surface area contributed by atoms with Crippen molar-refractivity contribution in [3.63, 3.8) is 0 Å². The van der Waals surface area contributed by atoms with Gasteiger partial charge in [-0.05, 0) is 35.9 Å². The van der Waals surface area contributed by atoms with E-state index >= 15 is 0 Å². The largest absolute Gasteiger partial charge is 0.486 e. The van der Waals surface area contributed by atoms with Crippen LogP contribution in [0.25, 0.3) is 10.9 Å². The van der Waals surface area contributed by atoms with Crippen LogP contribution < -0.4 is 20.1 Å². The third kappa shape index (κ3) is 2.43. The highest BCUT2D eigenvalue weighted by Gasteiger charge is 2.18. The van der Waals surface area contributed by atoms with Crippen LogP contribution in [0.2, 0.25) is 0 Å². The van der Waals surface area contributed by atoms with Crippen LogP contribution in [0.15, 0.2) is 36.4 Å². The molecule has 0 radical (unpaired) electrons. The number of fused-ring (bicyclic) bond motifs is 4. The van der Waals surface area contributed by atoms with Crippen LogP contribution in [0.5, 0.6) is 11.5 Å². The minimum atomic E-state index is 0.603. The fourth-order valence-electron chi connectivity index (χ4n) is 3.88. The fraction of sp³-hybridized carbons (Fsp3) is 0.300. The second-order valence-electron chi connectivity index (χ2n) is 6.63. The molecule has 128 valence electrons. The first-order chi connectivity index (χ1) is 12.3. The summed E-state index contributed by atoms with van der Waals surface area (Å²) in [6, 6.07) is 12.6. The van der Waals surface area contributed by atoms with Crippen molar-refractivity contribution >= 4 is 22.3 Å². The van der Waals surface area contributed by atoms with Crippen LogP contribution in [0.1, 0.15) is 11.3 Å². The topological polar surface area (TPSA) is 47.5 Å². The summed E-state index contributed by atoms with van der Waals surface area (Å²) < 4.78 is 13.6. The molecule has 0 unspecified atom stereocenters. The summed E-state index contributed by atoms with van der Waals surface area (Å²) in [5.74, 6) is 1.62.